The first-order chi connectivity index (χ1) is 17.7. The van der Waals surface area contributed by atoms with Crippen molar-refractivity contribution in [1.29, 1.82) is 0 Å². The van der Waals surface area contributed by atoms with Gasteiger partial charge < -0.3 is 9.80 Å². The molecule has 0 bridgehead atoms. The SMILES string of the molecule is CN(C)c1ccc(-c2cc(C(F)(F)F)n3ncc(C(=O)N4CCN(Cc5ccccc5)CC4)c3n2)cc1. The average Bonchev–Trinajstić information content (AvgIpc) is 3.32. The minimum absolute atomic E-state index is 0.0637. The quantitative estimate of drug-likeness (QED) is 0.399. The molecular formula is C27H27F3N6O. The lowest BCUT2D eigenvalue weighted by Gasteiger charge is -2.34. The Hall–Kier alpha value is -3.92. The van der Waals surface area contributed by atoms with Crippen molar-refractivity contribution in [3.63, 3.8) is 0 Å². The molecule has 37 heavy (non-hydrogen) atoms. The van der Waals surface area contributed by atoms with Gasteiger partial charge in [-0.15, -0.1) is 0 Å². The van der Waals surface area contributed by atoms with Crippen molar-refractivity contribution in [2.24, 2.45) is 0 Å². The van der Waals surface area contributed by atoms with Crippen LogP contribution in [0, 0.1) is 0 Å². The molecule has 1 aliphatic rings. The van der Waals surface area contributed by atoms with E-state index >= 15 is 0 Å². The lowest BCUT2D eigenvalue weighted by atomic mass is 10.1. The van der Waals surface area contributed by atoms with Crippen LogP contribution >= 0.6 is 0 Å². The van der Waals surface area contributed by atoms with E-state index in [0.717, 1.165) is 22.8 Å². The fourth-order valence-electron chi connectivity index (χ4n) is 4.51. The third-order valence-corrected chi connectivity index (χ3v) is 6.58. The monoisotopic (exact) mass is 508 g/mol. The number of hydrogen-bond donors (Lipinski definition) is 0. The van der Waals surface area contributed by atoms with E-state index in [1.54, 1.807) is 17.0 Å². The molecule has 7 nitrogen and oxygen atoms in total. The smallest absolute Gasteiger partial charge is 0.378 e. The van der Waals surface area contributed by atoms with Gasteiger partial charge in [0.15, 0.2) is 11.3 Å². The summed E-state index contributed by atoms with van der Waals surface area (Å²) >= 11 is 0. The predicted octanol–water partition coefficient (Wildman–Crippen LogP) is 4.44. The summed E-state index contributed by atoms with van der Waals surface area (Å²) in [6.07, 6.45) is -3.48. The number of rotatable bonds is 5. The standard InChI is InChI=1S/C27H27F3N6O/c1-33(2)21-10-8-20(9-11-21)23-16-24(27(28,29)30)36-25(32-23)22(17-31-36)26(37)35-14-12-34(13-15-35)18-19-6-4-3-5-7-19/h3-11,16-17H,12-15,18H2,1-2H3. The molecule has 10 heteroatoms. The van der Waals surface area contributed by atoms with Gasteiger partial charge in [-0.05, 0) is 23.8 Å². The Labute approximate surface area is 212 Å². The summed E-state index contributed by atoms with van der Waals surface area (Å²) in [5.74, 6) is -0.366. The van der Waals surface area contributed by atoms with Gasteiger partial charge in [0.2, 0.25) is 0 Å². The van der Waals surface area contributed by atoms with Crippen molar-refractivity contribution in [3.05, 3.63) is 83.7 Å². The van der Waals surface area contributed by atoms with E-state index in [1.165, 1.54) is 11.8 Å². The molecule has 0 N–H and O–H groups in total. The van der Waals surface area contributed by atoms with Crippen molar-refractivity contribution < 1.29 is 18.0 Å². The predicted molar refractivity (Wildman–Crippen MR) is 135 cm³/mol. The molecule has 5 rings (SSSR count). The van der Waals surface area contributed by atoms with Crippen molar-refractivity contribution in [2.75, 3.05) is 45.2 Å². The molecule has 0 unspecified atom stereocenters. The number of nitrogens with zero attached hydrogens (tertiary/aromatic N) is 6. The number of carbonyl (C=O) groups is 1. The lowest BCUT2D eigenvalue weighted by Crippen LogP contribution is -2.48. The molecule has 4 aromatic rings. The number of benzene rings is 2. The van der Waals surface area contributed by atoms with Crippen LogP contribution in [0.2, 0.25) is 0 Å². The van der Waals surface area contributed by atoms with Gasteiger partial charge >= 0.3 is 6.18 Å². The molecule has 0 saturated carbocycles. The van der Waals surface area contributed by atoms with Gasteiger partial charge in [0.25, 0.3) is 5.91 Å². The molecule has 1 saturated heterocycles. The van der Waals surface area contributed by atoms with Gasteiger partial charge in [0, 0.05) is 58.1 Å². The summed E-state index contributed by atoms with van der Waals surface area (Å²) in [7, 11) is 3.76. The molecule has 2 aromatic heterocycles. The van der Waals surface area contributed by atoms with Crippen LogP contribution in [0.15, 0.2) is 66.9 Å². The molecule has 0 spiro atoms. The Kier molecular flexibility index (Phi) is 6.59. The fraction of sp³-hybridized carbons (Fsp3) is 0.296. The zero-order valence-corrected chi connectivity index (χ0v) is 20.6. The highest BCUT2D eigenvalue weighted by Gasteiger charge is 2.36. The average molecular weight is 509 g/mol. The highest BCUT2D eigenvalue weighted by molar-refractivity contribution is 6.00. The van der Waals surface area contributed by atoms with Crippen LogP contribution in [0.4, 0.5) is 18.9 Å². The molecule has 0 atom stereocenters. The molecule has 0 aliphatic carbocycles. The Morgan fingerprint density at radius 2 is 1.65 bits per heavy atom. The van der Waals surface area contributed by atoms with E-state index in [4.69, 9.17) is 0 Å². The van der Waals surface area contributed by atoms with Crippen molar-refractivity contribution in [2.45, 2.75) is 12.7 Å². The first-order valence-corrected chi connectivity index (χ1v) is 12.0. The van der Waals surface area contributed by atoms with E-state index in [0.29, 0.717) is 31.7 Å². The summed E-state index contributed by atoms with van der Waals surface area (Å²) in [5.41, 5.74) is 1.75. The van der Waals surface area contributed by atoms with Crippen LogP contribution in [0.3, 0.4) is 0 Å². The maximum absolute atomic E-state index is 14.0. The maximum Gasteiger partial charge on any atom is 0.433 e. The van der Waals surface area contributed by atoms with Crippen molar-refractivity contribution in [3.8, 4) is 11.3 Å². The molecule has 192 valence electrons. The van der Waals surface area contributed by atoms with Gasteiger partial charge in [0.1, 0.15) is 5.56 Å². The number of hydrogen-bond acceptors (Lipinski definition) is 5. The topological polar surface area (TPSA) is 57.0 Å². The third-order valence-electron chi connectivity index (χ3n) is 6.58. The maximum atomic E-state index is 14.0. The fourth-order valence-corrected chi connectivity index (χ4v) is 4.51. The van der Waals surface area contributed by atoms with E-state index in [2.05, 4.69) is 27.1 Å². The number of fused-ring (bicyclic) bond motifs is 1. The van der Waals surface area contributed by atoms with Crippen LogP contribution in [0.5, 0.6) is 0 Å². The summed E-state index contributed by atoms with van der Waals surface area (Å²) in [5, 5.41) is 3.91. The Bertz CT molecular complexity index is 1390. The van der Waals surface area contributed by atoms with Gasteiger partial charge in [0.05, 0.1) is 11.9 Å². The van der Waals surface area contributed by atoms with Crippen LogP contribution in [0.1, 0.15) is 21.6 Å². The molecule has 1 aliphatic heterocycles. The molecular weight excluding hydrogens is 481 g/mol. The normalized spacial score (nSPS) is 14.8. The lowest BCUT2D eigenvalue weighted by molar-refractivity contribution is -0.142. The summed E-state index contributed by atoms with van der Waals surface area (Å²) in [4.78, 5) is 23.7. The number of carbonyl (C=O) groups excluding carboxylic acids is 1. The number of alkyl halides is 3. The van der Waals surface area contributed by atoms with Crippen molar-refractivity contribution >= 4 is 17.2 Å². The highest BCUT2D eigenvalue weighted by atomic mass is 19.4. The second kappa shape index (κ2) is 9.85. The van der Waals surface area contributed by atoms with Crippen LogP contribution in [-0.4, -0.2) is 70.6 Å². The largest absolute Gasteiger partial charge is 0.433 e. The minimum Gasteiger partial charge on any atom is -0.378 e. The van der Waals surface area contributed by atoms with Crippen molar-refractivity contribution in [1.82, 2.24) is 24.4 Å². The summed E-state index contributed by atoms with van der Waals surface area (Å²) < 4.78 is 42.6. The number of amides is 1. The Morgan fingerprint density at radius 3 is 2.27 bits per heavy atom. The van der Waals surface area contributed by atoms with Crippen LogP contribution in [0.25, 0.3) is 16.9 Å². The number of aromatic nitrogens is 3. The van der Waals surface area contributed by atoms with Crippen LogP contribution in [-0.2, 0) is 12.7 Å². The van der Waals surface area contributed by atoms with Gasteiger partial charge in [-0.2, -0.15) is 18.3 Å². The third kappa shape index (κ3) is 5.15. The first kappa shape index (κ1) is 24.8. The number of halogens is 3. The Morgan fingerprint density at radius 1 is 0.973 bits per heavy atom. The number of anilines is 1. The minimum atomic E-state index is -4.67. The van der Waals surface area contributed by atoms with E-state index in [1.807, 2.05) is 49.3 Å². The highest BCUT2D eigenvalue weighted by Crippen LogP contribution is 2.33. The second-order valence-corrected chi connectivity index (χ2v) is 9.31. The van der Waals surface area contributed by atoms with E-state index < -0.39 is 11.9 Å². The Balaban J connectivity index is 1.43. The summed E-state index contributed by atoms with van der Waals surface area (Å²) in [6.45, 7) is 3.07. The zero-order valence-electron chi connectivity index (χ0n) is 20.6. The molecule has 1 fully saturated rings. The molecule has 0 radical (unpaired) electrons. The first-order valence-electron chi connectivity index (χ1n) is 12.0. The number of piperazine rings is 1. The summed E-state index contributed by atoms with van der Waals surface area (Å²) in [6, 6.07) is 18.1. The second-order valence-electron chi connectivity index (χ2n) is 9.31. The molecule has 3 heterocycles. The van der Waals surface area contributed by atoms with E-state index in [9.17, 15) is 18.0 Å². The van der Waals surface area contributed by atoms with Crippen LogP contribution < -0.4 is 4.90 Å². The van der Waals surface area contributed by atoms with Gasteiger partial charge in [-0.3, -0.25) is 9.69 Å². The van der Waals surface area contributed by atoms with E-state index in [-0.39, 0.29) is 22.8 Å². The zero-order chi connectivity index (χ0) is 26.2. The van der Waals surface area contributed by atoms with Gasteiger partial charge in [-0.1, -0.05) is 42.5 Å². The molecule has 1 amide bonds. The van der Waals surface area contributed by atoms with Gasteiger partial charge in [-0.25, -0.2) is 9.50 Å². The molecule has 2 aromatic carbocycles.